The van der Waals surface area contributed by atoms with E-state index >= 15 is 0 Å². The number of hydrogen-bond acceptors (Lipinski definition) is 5. The summed E-state index contributed by atoms with van der Waals surface area (Å²) in [5.41, 5.74) is 2.41. The predicted molar refractivity (Wildman–Crippen MR) is 128 cm³/mol. The molecule has 1 heterocycles. The van der Waals surface area contributed by atoms with Gasteiger partial charge in [0, 0.05) is 22.6 Å². The molecule has 32 heavy (non-hydrogen) atoms. The van der Waals surface area contributed by atoms with Crippen molar-refractivity contribution in [3.63, 3.8) is 0 Å². The van der Waals surface area contributed by atoms with Crippen molar-refractivity contribution in [1.29, 1.82) is 0 Å². The van der Waals surface area contributed by atoms with Crippen molar-refractivity contribution in [2.45, 2.75) is 33.3 Å². The Hall–Kier alpha value is -2.90. The number of para-hydroxylation sites is 1. The number of carbonyl (C=O) groups excluding carboxylic acids is 2. The molecule has 0 bridgehead atoms. The Bertz CT molecular complexity index is 1050. The van der Waals surface area contributed by atoms with Crippen LogP contribution in [0.1, 0.15) is 29.6 Å². The van der Waals surface area contributed by atoms with Crippen molar-refractivity contribution in [2.75, 3.05) is 18.4 Å². The van der Waals surface area contributed by atoms with Crippen LogP contribution in [0.25, 0.3) is 0 Å². The molecule has 0 saturated heterocycles. The highest BCUT2D eigenvalue weighted by Crippen LogP contribution is 2.19. The Morgan fingerprint density at radius 2 is 1.91 bits per heavy atom. The maximum atomic E-state index is 12.8. The quantitative estimate of drug-likeness (QED) is 0.446. The predicted octanol–water partition coefficient (Wildman–Crippen LogP) is 5.10. The summed E-state index contributed by atoms with van der Waals surface area (Å²) < 4.78 is 5.71. The van der Waals surface area contributed by atoms with E-state index in [0.29, 0.717) is 29.6 Å². The number of carbonyl (C=O) groups is 2. The molecule has 6 nitrogen and oxygen atoms in total. The summed E-state index contributed by atoms with van der Waals surface area (Å²) in [6.45, 7) is 4.75. The van der Waals surface area contributed by atoms with Crippen molar-refractivity contribution in [1.82, 2.24) is 9.88 Å². The van der Waals surface area contributed by atoms with Crippen LogP contribution in [-0.2, 0) is 22.6 Å². The van der Waals surface area contributed by atoms with Crippen LogP contribution in [0.15, 0.2) is 53.9 Å². The number of benzene rings is 2. The van der Waals surface area contributed by atoms with E-state index in [1.165, 1.54) is 11.3 Å². The Labute approximate surface area is 197 Å². The third-order valence-electron chi connectivity index (χ3n) is 4.71. The van der Waals surface area contributed by atoms with Gasteiger partial charge in [0.2, 0.25) is 11.8 Å². The van der Waals surface area contributed by atoms with Crippen LogP contribution in [0.4, 0.5) is 5.69 Å². The zero-order chi connectivity index (χ0) is 22.9. The number of hydrogen-bond donors (Lipinski definition) is 1. The molecule has 0 aliphatic rings. The van der Waals surface area contributed by atoms with Crippen LogP contribution in [0, 0.1) is 6.92 Å². The molecule has 0 radical (unpaired) electrons. The van der Waals surface area contributed by atoms with Gasteiger partial charge in [0.15, 0.2) is 0 Å². The van der Waals surface area contributed by atoms with Gasteiger partial charge in [-0.25, -0.2) is 4.98 Å². The molecule has 8 heteroatoms. The number of aromatic nitrogens is 1. The zero-order valence-electron chi connectivity index (χ0n) is 18.1. The Morgan fingerprint density at radius 3 is 2.62 bits per heavy atom. The van der Waals surface area contributed by atoms with Crippen molar-refractivity contribution in [3.05, 3.63) is 75.2 Å². The van der Waals surface area contributed by atoms with E-state index in [4.69, 9.17) is 16.3 Å². The standard InChI is InChI=1S/C24H26ClN3O3S/c1-3-12-28(14-22(29)27-21-7-5-4-6-17(21)2)24(30)13-19-16-32-23(26-19)15-31-20-10-8-18(25)9-11-20/h4-11,16H,3,12-15H2,1-2H3,(H,27,29). The Kier molecular flexibility index (Phi) is 8.64. The fourth-order valence-electron chi connectivity index (χ4n) is 3.08. The Morgan fingerprint density at radius 1 is 1.16 bits per heavy atom. The number of aryl methyl sites for hydroxylation is 1. The van der Waals surface area contributed by atoms with Crippen LogP contribution in [0.3, 0.4) is 0 Å². The molecule has 0 unspecified atom stereocenters. The first-order chi connectivity index (χ1) is 15.4. The molecule has 0 fully saturated rings. The zero-order valence-corrected chi connectivity index (χ0v) is 19.7. The van der Waals surface area contributed by atoms with E-state index in [-0.39, 0.29) is 24.8 Å². The largest absolute Gasteiger partial charge is 0.486 e. The molecule has 0 spiro atoms. The number of anilines is 1. The van der Waals surface area contributed by atoms with Gasteiger partial charge in [0.25, 0.3) is 0 Å². The SMILES string of the molecule is CCCN(CC(=O)Nc1ccccc1C)C(=O)Cc1csc(COc2ccc(Cl)cc2)n1. The van der Waals surface area contributed by atoms with E-state index in [1.54, 1.807) is 29.2 Å². The average Bonchev–Trinajstić information content (AvgIpc) is 3.22. The van der Waals surface area contributed by atoms with Crippen LogP contribution in [0.2, 0.25) is 5.02 Å². The third-order valence-corrected chi connectivity index (χ3v) is 5.83. The fourth-order valence-corrected chi connectivity index (χ4v) is 3.91. The van der Waals surface area contributed by atoms with Crippen LogP contribution < -0.4 is 10.1 Å². The third kappa shape index (κ3) is 7.07. The summed E-state index contributed by atoms with van der Waals surface area (Å²) in [7, 11) is 0. The van der Waals surface area contributed by atoms with Crippen molar-refractivity contribution in [2.24, 2.45) is 0 Å². The molecule has 2 amide bonds. The molecule has 0 aliphatic heterocycles. The van der Waals surface area contributed by atoms with Crippen molar-refractivity contribution >= 4 is 40.4 Å². The van der Waals surface area contributed by atoms with Crippen LogP contribution in [-0.4, -0.2) is 34.8 Å². The van der Waals surface area contributed by atoms with Crippen molar-refractivity contribution < 1.29 is 14.3 Å². The van der Waals surface area contributed by atoms with E-state index in [1.807, 2.05) is 43.5 Å². The highest BCUT2D eigenvalue weighted by atomic mass is 35.5. The monoisotopic (exact) mass is 471 g/mol. The summed E-state index contributed by atoms with van der Waals surface area (Å²) in [4.78, 5) is 31.4. The van der Waals surface area contributed by atoms with Gasteiger partial charge in [-0.15, -0.1) is 11.3 Å². The molecule has 168 valence electrons. The van der Waals surface area contributed by atoms with E-state index in [2.05, 4.69) is 10.3 Å². The van der Waals surface area contributed by atoms with Gasteiger partial charge in [-0.3, -0.25) is 9.59 Å². The Balaban J connectivity index is 1.54. The second-order valence-corrected chi connectivity index (χ2v) is 8.71. The van der Waals surface area contributed by atoms with Gasteiger partial charge in [-0.2, -0.15) is 0 Å². The number of nitrogens with one attached hydrogen (secondary N) is 1. The number of nitrogens with zero attached hydrogens (tertiary/aromatic N) is 2. The van der Waals surface area contributed by atoms with E-state index in [0.717, 1.165) is 22.7 Å². The van der Waals surface area contributed by atoms with Gasteiger partial charge in [0.1, 0.15) is 17.4 Å². The number of halogens is 1. The van der Waals surface area contributed by atoms with Crippen LogP contribution >= 0.6 is 22.9 Å². The molecule has 1 N–H and O–H groups in total. The molecule has 2 aromatic carbocycles. The van der Waals surface area contributed by atoms with Gasteiger partial charge in [-0.1, -0.05) is 36.7 Å². The molecule has 3 rings (SSSR count). The summed E-state index contributed by atoms with van der Waals surface area (Å²) in [5, 5.41) is 6.17. The minimum Gasteiger partial charge on any atom is -0.486 e. The molecule has 0 aliphatic carbocycles. The normalized spacial score (nSPS) is 10.6. The number of thiazole rings is 1. The minimum atomic E-state index is -0.212. The first-order valence-corrected chi connectivity index (χ1v) is 11.6. The number of rotatable bonds is 10. The summed E-state index contributed by atoms with van der Waals surface area (Å²) in [6.07, 6.45) is 0.912. The smallest absolute Gasteiger partial charge is 0.244 e. The lowest BCUT2D eigenvalue weighted by molar-refractivity contribution is -0.134. The molecular weight excluding hydrogens is 446 g/mol. The molecule has 0 atom stereocenters. The summed E-state index contributed by atoms with van der Waals surface area (Å²) >= 11 is 7.32. The molecule has 1 aromatic heterocycles. The van der Waals surface area contributed by atoms with Gasteiger partial charge in [-0.05, 0) is 49.2 Å². The lowest BCUT2D eigenvalue weighted by Crippen LogP contribution is -2.39. The van der Waals surface area contributed by atoms with Gasteiger partial charge in [0.05, 0.1) is 18.7 Å². The molecule has 3 aromatic rings. The molecular formula is C24H26ClN3O3S. The van der Waals surface area contributed by atoms with Crippen molar-refractivity contribution in [3.8, 4) is 5.75 Å². The van der Waals surface area contributed by atoms with E-state index in [9.17, 15) is 9.59 Å². The average molecular weight is 472 g/mol. The summed E-state index contributed by atoms with van der Waals surface area (Å²) in [6, 6.07) is 14.7. The fraction of sp³-hybridized carbons (Fsp3) is 0.292. The minimum absolute atomic E-state index is 0.0116. The lowest BCUT2D eigenvalue weighted by Gasteiger charge is -2.21. The number of amides is 2. The highest BCUT2D eigenvalue weighted by molar-refractivity contribution is 7.09. The summed E-state index contributed by atoms with van der Waals surface area (Å²) in [5.74, 6) is 0.370. The second kappa shape index (κ2) is 11.6. The second-order valence-electron chi connectivity index (χ2n) is 7.33. The van der Waals surface area contributed by atoms with Gasteiger partial charge < -0.3 is 15.0 Å². The number of ether oxygens (including phenoxy) is 1. The molecule has 0 saturated carbocycles. The van der Waals surface area contributed by atoms with Gasteiger partial charge >= 0.3 is 0 Å². The van der Waals surface area contributed by atoms with Crippen LogP contribution in [0.5, 0.6) is 5.75 Å². The topological polar surface area (TPSA) is 71.5 Å². The first kappa shape index (κ1) is 23.8. The maximum Gasteiger partial charge on any atom is 0.244 e. The maximum absolute atomic E-state index is 12.8. The first-order valence-electron chi connectivity index (χ1n) is 10.4. The highest BCUT2D eigenvalue weighted by Gasteiger charge is 2.18. The lowest BCUT2D eigenvalue weighted by atomic mass is 10.2. The van der Waals surface area contributed by atoms with E-state index < -0.39 is 0 Å².